The molecule has 2 rings (SSSR count). The Morgan fingerprint density at radius 1 is 1.62 bits per heavy atom. The highest BCUT2D eigenvalue weighted by molar-refractivity contribution is 5.94. The van der Waals surface area contributed by atoms with Crippen molar-refractivity contribution in [3.05, 3.63) is 17.0 Å². The van der Waals surface area contributed by atoms with Crippen molar-refractivity contribution >= 4 is 5.91 Å². The van der Waals surface area contributed by atoms with Crippen LogP contribution in [0.15, 0.2) is 0 Å². The molecule has 0 radical (unpaired) electrons. The molecule has 7 nitrogen and oxygen atoms in total. The summed E-state index contributed by atoms with van der Waals surface area (Å²) >= 11 is 0. The zero-order valence-corrected chi connectivity index (χ0v) is 12.5. The molecule has 0 aliphatic carbocycles. The first kappa shape index (κ1) is 15.5. The lowest BCUT2D eigenvalue weighted by Gasteiger charge is -2.24. The van der Waals surface area contributed by atoms with E-state index in [1.54, 1.807) is 11.8 Å². The molecule has 1 N–H and O–H groups in total. The number of nitrogens with zero attached hydrogens (tertiary/aromatic N) is 3. The number of hydrogen-bond acceptors (Lipinski definition) is 5. The summed E-state index contributed by atoms with van der Waals surface area (Å²) in [6.45, 7) is 4.83. The summed E-state index contributed by atoms with van der Waals surface area (Å²) in [5, 5.41) is 15.7. The van der Waals surface area contributed by atoms with Crippen LogP contribution in [0.25, 0.3) is 0 Å². The Labute approximate surface area is 123 Å². The van der Waals surface area contributed by atoms with Gasteiger partial charge in [0.1, 0.15) is 12.2 Å². The van der Waals surface area contributed by atoms with Gasteiger partial charge in [0.05, 0.1) is 37.1 Å². The minimum absolute atomic E-state index is 0.0231. The predicted molar refractivity (Wildman–Crippen MR) is 74.7 cm³/mol. The van der Waals surface area contributed by atoms with Gasteiger partial charge in [-0.2, -0.15) is 10.4 Å². The zero-order valence-electron chi connectivity index (χ0n) is 12.5. The van der Waals surface area contributed by atoms with E-state index in [9.17, 15) is 4.79 Å². The molecule has 1 aliphatic rings. The van der Waals surface area contributed by atoms with E-state index in [1.807, 2.05) is 19.9 Å². The van der Waals surface area contributed by atoms with Crippen LogP contribution in [0.4, 0.5) is 0 Å². The number of hydrogen-bond donors (Lipinski definition) is 1. The van der Waals surface area contributed by atoms with Gasteiger partial charge < -0.3 is 14.8 Å². The van der Waals surface area contributed by atoms with Crippen LogP contribution in [0.1, 0.15) is 41.7 Å². The van der Waals surface area contributed by atoms with Gasteiger partial charge in [-0.15, -0.1) is 0 Å². The van der Waals surface area contributed by atoms with E-state index in [1.165, 1.54) is 0 Å². The number of carbonyl (C=O) groups is 1. The monoisotopic (exact) mass is 292 g/mol. The third-order valence-corrected chi connectivity index (χ3v) is 3.44. The van der Waals surface area contributed by atoms with E-state index in [-0.39, 0.29) is 24.7 Å². The summed E-state index contributed by atoms with van der Waals surface area (Å²) in [7, 11) is 1.60. The average Bonchev–Trinajstić information content (AvgIpc) is 2.81. The van der Waals surface area contributed by atoms with E-state index < -0.39 is 0 Å². The summed E-state index contributed by atoms with van der Waals surface area (Å²) < 4.78 is 12.5. The topological polar surface area (TPSA) is 89.2 Å². The highest BCUT2D eigenvalue weighted by Gasteiger charge is 2.31. The molecule has 2 atom stereocenters. The van der Waals surface area contributed by atoms with Gasteiger partial charge in [-0.25, -0.2) is 0 Å². The molecule has 0 bridgehead atoms. The second-order valence-electron chi connectivity index (χ2n) is 5.06. The van der Waals surface area contributed by atoms with Crippen molar-refractivity contribution in [3.8, 4) is 6.07 Å². The first-order valence-corrected chi connectivity index (χ1v) is 6.97. The number of aromatic nitrogens is 2. The molecule has 1 aromatic rings. The number of nitrogens with one attached hydrogen (secondary N) is 1. The Balaban J connectivity index is 2.39. The molecular weight excluding hydrogens is 272 g/mol. The van der Waals surface area contributed by atoms with E-state index >= 15 is 0 Å². The fraction of sp³-hybridized carbons (Fsp3) is 0.643. The molecule has 0 unspecified atom stereocenters. The Hall–Kier alpha value is -1.91. The zero-order chi connectivity index (χ0) is 15.4. The van der Waals surface area contributed by atoms with E-state index in [0.29, 0.717) is 25.3 Å². The van der Waals surface area contributed by atoms with Crippen LogP contribution in [0.2, 0.25) is 0 Å². The Kier molecular flexibility index (Phi) is 4.94. The SMILES string of the molecule is COCCn1nc2c(c1C(=O)NCC#N)C[C@H](C)O[C@@H]2C. The van der Waals surface area contributed by atoms with Gasteiger partial charge in [-0.1, -0.05) is 0 Å². The number of rotatable bonds is 5. The molecular formula is C14H20N4O3. The fourth-order valence-corrected chi connectivity index (χ4v) is 2.59. The molecule has 1 amide bonds. The molecule has 1 aliphatic heterocycles. The Morgan fingerprint density at radius 3 is 3.05 bits per heavy atom. The van der Waals surface area contributed by atoms with Crippen LogP contribution in [0.5, 0.6) is 0 Å². The fourth-order valence-electron chi connectivity index (χ4n) is 2.59. The minimum Gasteiger partial charge on any atom is -0.383 e. The van der Waals surface area contributed by atoms with Crippen molar-refractivity contribution in [2.24, 2.45) is 0 Å². The van der Waals surface area contributed by atoms with Gasteiger partial charge in [-0.05, 0) is 13.8 Å². The molecule has 0 saturated carbocycles. The first-order valence-electron chi connectivity index (χ1n) is 6.97. The number of amides is 1. The Bertz CT molecular complexity index is 561. The molecule has 114 valence electrons. The maximum absolute atomic E-state index is 12.3. The minimum atomic E-state index is -0.275. The maximum atomic E-state index is 12.3. The van der Waals surface area contributed by atoms with E-state index in [2.05, 4.69) is 10.4 Å². The Morgan fingerprint density at radius 2 is 2.38 bits per heavy atom. The van der Waals surface area contributed by atoms with Crippen LogP contribution in [0.3, 0.4) is 0 Å². The highest BCUT2D eigenvalue weighted by Crippen LogP contribution is 2.31. The summed E-state index contributed by atoms with van der Waals surface area (Å²) in [5.74, 6) is -0.275. The standard InChI is InChI=1S/C14H20N4O3/c1-9-8-11-12(10(2)21-9)17-18(6-7-20-3)13(11)14(19)16-5-4-15/h9-10H,5-8H2,1-3H3,(H,16,19)/t9-,10+/m0/s1. The van der Waals surface area contributed by atoms with Crippen LogP contribution in [-0.4, -0.2) is 42.1 Å². The van der Waals surface area contributed by atoms with Gasteiger partial charge in [-0.3, -0.25) is 9.48 Å². The van der Waals surface area contributed by atoms with Crippen LogP contribution in [0, 0.1) is 11.3 Å². The summed E-state index contributed by atoms with van der Waals surface area (Å²) in [4.78, 5) is 12.3. The molecule has 1 aromatic heterocycles. The number of ether oxygens (including phenoxy) is 2. The third-order valence-electron chi connectivity index (χ3n) is 3.44. The van der Waals surface area contributed by atoms with Crippen molar-refractivity contribution in [2.75, 3.05) is 20.3 Å². The third kappa shape index (κ3) is 3.23. The van der Waals surface area contributed by atoms with E-state index in [4.69, 9.17) is 14.7 Å². The van der Waals surface area contributed by atoms with Gasteiger partial charge >= 0.3 is 0 Å². The quantitative estimate of drug-likeness (QED) is 0.811. The van der Waals surface area contributed by atoms with Gasteiger partial charge in [0.2, 0.25) is 0 Å². The van der Waals surface area contributed by atoms with Crippen LogP contribution >= 0.6 is 0 Å². The molecule has 7 heteroatoms. The summed E-state index contributed by atoms with van der Waals surface area (Å²) in [6, 6.07) is 1.91. The smallest absolute Gasteiger partial charge is 0.270 e. The number of carbonyl (C=O) groups excluding carboxylic acids is 1. The van der Waals surface area contributed by atoms with Crippen molar-refractivity contribution < 1.29 is 14.3 Å². The van der Waals surface area contributed by atoms with Crippen molar-refractivity contribution in [1.82, 2.24) is 15.1 Å². The normalized spacial score (nSPS) is 20.7. The lowest BCUT2D eigenvalue weighted by molar-refractivity contribution is -0.00716. The second kappa shape index (κ2) is 6.70. The summed E-state index contributed by atoms with van der Waals surface area (Å²) in [6.07, 6.45) is 0.534. The molecule has 21 heavy (non-hydrogen) atoms. The largest absolute Gasteiger partial charge is 0.383 e. The molecule has 2 heterocycles. The first-order chi connectivity index (χ1) is 10.1. The average molecular weight is 292 g/mol. The molecule has 0 fully saturated rings. The number of fused-ring (bicyclic) bond motifs is 1. The van der Waals surface area contributed by atoms with Gasteiger partial charge in [0.15, 0.2) is 0 Å². The maximum Gasteiger partial charge on any atom is 0.270 e. The number of nitriles is 1. The lowest BCUT2D eigenvalue weighted by atomic mass is 9.99. The van der Waals surface area contributed by atoms with Crippen LogP contribution < -0.4 is 5.32 Å². The molecule has 0 aromatic carbocycles. The molecule has 0 spiro atoms. The number of methoxy groups -OCH3 is 1. The predicted octanol–water partition coefficient (Wildman–Crippen LogP) is 0.805. The summed E-state index contributed by atoms with van der Waals surface area (Å²) in [5.41, 5.74) is 2.22. The second-order valence-corrected chi connectivity index (χ2v) is 5.06. The van der Waals surface area contributed by atoms with Crippen LogP contribution in [-0.2, 0) is 22.4 Å². The van der Waals surface area contributed by atoms with Crippen molar-refractivity contribution in [1.29, 1.82) is 5.26 Å². The van der Waals surface area contributed by atoms with Gasteiger partial charge in [0.25, 0.3) is 5.91 Å². The molecule has 0 saturated heterocycles. The van der Waals surface area contributed by atoms with Gasteiger partial charge in [0, 0.05) is 19.1 Å². The van der Waals surface area contributed by atoms with E-state index in [0.717, 1.165) is 11.3 Å². The lowest BCUT2D eigenvalue weighted by Crippen LogP contribution is -2.29. The highest BCUT2D eigenvalue weighted by atomic mass is 16.5. The van der Waals surface area contributed by atoms with Crippen molar-refractivity contribution in [3.63, 3.8) is 0 Å². The van der Waals surface area contributed by atoms with Crippen molar-refractivity contribution in [2.45, 2.75) is 39.0 Å².